The summed E-state index contributed by atoms with van der Waals surface area (Å²) in [6, 6.07) is 3.93. The molecule has 0 amide bonds. The van der Waals surface area contributed by atoms with Crippen LogP contribution < -0.4 is 15.8 Å². The van der Waals surface area contributed by atoms with E-state index in [4.69, 9.17) is 22.1 Å². The molecule has 1 heterocycles. The van der Waals surface area contributed by atoms with E-state index in [0.29, 0.717) is 17.5 Å². The highest BCUT2D eigenvalue weighted by molar-refractivity contribution is 6.31. The molecule has 0 aliphatic carbocycles. The van der Waals surface area contributed by atoms with Crippen LogP contribution in [-0.4, -0.2) is 19.7 Å². The molecule has 0 radical (unpaired) electrons. The average Bonchev–Trinajstić information content (AvgIpc) is 2.48. The predicted octanol–water partition coefficient (Wildman–Crippen LogP) is 3.21. The number of nitrogens with two attached hydrogens (primary N) is 1. The van der Waals surface area contributed by atoms with Gasteiger partial charge in [-0.3, -0.25) is 0 Å². The fourth-order valence-electron chi connectivity index (χ4n) is 2.68. The molecule has 1 aliphatic heterocycles. The lowest BCUT2D eigenvalue weighted by Gasteiger charge is -2.29. The summed E-state index contributed by atoms with van der Waals surface area (Å²) < 4.78 is 5.74. The number of benzene rings is 1. The quantitative estimate of drug-likeness (QED) is 0.820. The molecule has 1 aliphatic rings. The molecular weight excluding hydrogens is 272 g/mol. The van der Waals surface area contributed by atoms with E-state index < -0.39 is 0 Å². The molecule has 1 unspecified atom stereocenters. The highest BCUT2D eigenvalue weighted by Gasteiger charge is 2.24. The Labute approximate surface area is 126 Å². The van der Waals surface area contributed by atoms with Gasteiger partial charge >= 0.3 is 0 Å². The Kier molecular flexibility index (Phi) is 5.46. The van der Waals surface area contributed by atoms with Crippen LogP contribution in [-0.2, 0) is 0 Å². The second-order valence-corrected chi connectivity index (χ2v) is 5.76. The second kappa shape index (κ2) is 7.11. The van der Waals surface area contributed by atoms with Gasteiger partial charge in [0.1, 0.15) is 12.4 Å². The molecule has 0 spiro atoms. The van der Waals surface area contributed by atoms with Gasteiger partial charge < -0.3 is 15.8 Å². The maximum Gasteiger partial charge on any atom is 0.126 e. The number of ether oxygens (including phenoxy) is 1. The van der Waals surface area contributed by atoms with E-state index in [0.717, 1.165) is 42.8 Å². The van der Waals surface area contributed by atoms with Gasteiger partial charge in [-0.2, -0.15) is 0 Å². The zero-order valence-electron chi connectivity index (χ0n) is 12.0. The molecule has 110 valence electrons. The lowest BCUT2D eigenvalue weighted by atomic mass is 9.86. The molecule has 2 rings (SSSR count). The average molecular weight is 295 g/mol. The summed E-state index contributed by atoms with van der Waals surface area (Å²) in [5.74, 6) is 1.27. The number of aryl methyl sites for hydroxylation is 1. The minimum atomic E-state index is -0.00659. The van der Waals surface area contributed by atoms with Crippen LogP contribution in [0.1, 0.15) is 30.0 Å². The van der Waals surface area contributed by atoms with Crippen LogP contribution >= 0.6 is 11.6 Å². The van der Waals surface area contributed by atoms with Crippen molar-refractivity contribution in [2.45, 2.75) is 25.8 Å². The third-order valence-corrected chi connectivity index (χ3v) is 4.31. The van der Waals surface area contributed by atoms with Crippen LogP contribution in [0.4, 0.5) is 0 Å². The molecule has 1 saturated heterocycles. The fraction of sp³-hybridized carbons (Fsp3) is 0.500. The van der Waals surface area contributed by atoms with Crippen LogP contribution in [0.15, 0.2) is 24.8 Å². The zero-order valence-corrected chi connectivity index (χ0v) is 12.7. The number of hydrogen-bond donors (Lipinski definition) is 2. The van der Waals surface area contributed by atoms with Gasteiger partial charge in [0.25, 0.3) is 0 Å². The van der Waals surface area contributed by atoms with Crippen molar-refractivity contribution in [3.8, 4) is 5.75 Å². The Morgan fingerprint density at radius 2 is 2.20 bits per heavy atom. The van der Waals surface area contributed by atoms with Crippen molar-refractivity contribution in [2.24, 2.45) is 11.7 Å². The zero-order chi connectivity index (χ0) is 14.5. The minimum Gasteiger partial charge on any atom is -0.489 e. The Morgan fingerprint density at radius 3 is 2.85 bits per heavy atom. The van der Waals surface area contributed by atoms with Crippen LogP contribution in [0.2, 0.25) is 5.02 Å². The first-order chi connectivity index (χ1) is 9.63. The molecule has 0 bridgehead atoms. The Hall–Kier alpha value is -1.03. The van der Waals surface area contributed by atoms with Gasteiger partial charge in [0.2, 0.25) is 0 Å². The van der Waals surface area contributed by atoms with E-state index >= 15 is 0 Å². The van der Waals surface area contributed by atoms with Gasteiger partial charge in [-0.25, -0.2) is 0 Å². The highest BCUT2D eigenvalue weighted by Crippen LogP contribution is 2.35. The van der Waals surface area contributed by atoms with E-state index in [2.05, 4.69) is 18.0 Å². The van der Waals surface area contributed by atoms with E-state index in [1.165, 1.54) is 0 Å². The van der Waals surface area contributed by atoms with Gasteiger partial charge in [0, 0.05) is 16.6 Å². The third kappa shape index (κ3) is 3.54. The van der Waals surface area contributed by atoms with E-state index in [-0.39, 0.29) is 6.04 Å². The number of nitrogens with one attached hydrogen (secondary N) is 1. The smallest absolute Gasteiger partial charge is 0.126 e. The summed E-state index contributed by atoms with van der Waals surface area (Å²) in [4.78, 5) is 0. The summed E-state index contributed by atoms with van der Waals surface area (Å²) in [5.41, 5.74) is 8.58. The van der Waals surface area contributed by atoms with Gasteiger partial charge in [-0.05, 0) is 56.5 Å². The largest absolute Gasteiger partial charge is 0.489 e. The molecule has 20 heavy (non-hydrogen) atoms. The van der Waals surface area contributed by atoms with Crippen molar-refractivity contribution in [1.82, 2.24) is 5.32 Å². The number of hydrogen-bond acceptors (Lipinski definition) is 3. The van der Waals surface area contributed by atoms with Gasteiger partial charge in [-0.1, -0.05) is 24.3 Å². The van der Waals surface area contributed by atoms with Crippen molar-refractivity contribution < 1.29 is 4.74 Å². The van der Waals surface area contributed by atoms with Crippen molar-refractivity contribution in [2.75, 3.05) is 19.7 Å². The molecule has 1 aromatic rings. The fourth-order valence-corrected chi connectivity index (χ4v) is 2.83. The van der Waals surface area contributed by atoms with Crippen molar-refractivity contribution in [1.29, 1.82) is 0 Å². The molecule has 1 atom stereocenters. The normalized spacial score (nSPS) is 17.8. The van der Waals surface area contributed by atoms with Crippen molar-refractivity contribution in [3.05, 3.63) is 40.9 Å². The Bertz CT molecular complexity index is 470. The SMILES string of the molecule is C=CCOc1cc(Cl)c(C)cc1C(N)C1CCNCC1. The maximum absolute atomic E-state index is 6.48. The van der Waals surface area contributed by atoms with Crippen LogP contribution in [0.3, 0.4) is 0 Å². The molecular formula is C16H23ClN2O. The van der Waals surface area contributed by atoms with Crippen LogP contribution in [0.25, 0.3) is 0 Å². The monoisotopic (exact) mass is 294 g/mol. The molecule has 1 aromatic carbocycles. The van der Waals surface area contributed by atoms with Gasteiger partial charge in [0.05, 0.1) is 0 Å². The minimum absolute atomic E-state index is 0.00659. The summed E-state index contributed by atoms with van der Waals surface area (Å²) in [7, 11) is 0. The van der Waals surface area contributed by atoms with Crippen molar-refractivity contribution in [3.63, 3.8) is 0 Å². The first-order valence-electron chi connectivity index (χ1n) is 7.13. The van der Waals surface area contributed by atoms with Crippen LogP contribution in [0.5, 0.6) is 5.75 Å². The number of halogens is 1. The Morgan fingerprint density at radius 1 is 1.50 bits per heavy atom. The van der Waals surface area contributed by atoms with Gasteiger partial charge in [0.15, 0.2) is 0 Å². The molecule has 1 fully saturated rings. The lowest BCUT2D eigenvalue weighted by molar-refractivity contribution is 0.307. The second-order valence-electron chi connectivity index (χ2n) is 5.35. The molecule has 3 nitrogen and oxygen atoms in total. The van der Waals surface area contributed by atoms with Crippen molar-refractivity contribution >= 4 is 11.6 Å². The summed E-state index contributed by atoms with van der Waals surface area (Å²) in [5, 5.41) is 4.08. The molecule has 3 N–H and O–H groups in total. The Balaban J connectivity index is 2.26. The maximum atomic E-state index is 6.48. The number of piperidine rings is 1. The lowest BCUT2D eigenvalue weighted by Crippen LogP contribution is -2.34. The third-order valence-electron chi connectivity index (χ3n) is 3.90. The molecule has 0 saturated carbocycles. The highest BCUT2D eigenvalue weighted by atomic mass is 35.5. The van der Waals surface area contributed by atoms with E-state index in [9.17, 15) is 0 Å². The molecule has 4 heteroatoms. The first-order valence-corrected chi connectivity index (χ1v) is 7.51. The summed E-state index contributed by atoms with van der Waals surface area (Å²) in [6.07, 6.45) is 3.93. The summed E-state index contributed by atoms with van der Waals surface area (Å²) in [6.45, 7) is 8.22. The predicted molar refractivity (Wildman–Crippen MR) is 84.4 cm³/mol. The molecule has 0 aromatic heterocycles. The van der Waals surface area contributed by atoms with E-state index in [1.807, 2.05) is 13.0 Å². The topological polar surface area (TPSA) is 47.3 Å². The first kappa shape index (κ1) is 15.4. The summed E-state index contributed by atoms with van der Waals surface area (Å²) >= 11 is 6.20. The van der Waals surface area contributed by atoms with Gasteiger partial charge in [-0.15, -0.1) is 0 Å². The van der Waals surface area contributed by atoms with E-state index in [1.54, 1.807) is 6.08 Å². The van der Waals surface area contributed by atoms with Crippen LogP contribution in [0, 0.1) is 12.8 Å². The number of rotatable bonds is 5. The standard InChI is InChI=1S/C16H23ClN2O/c1-3-8-20-15-10-14(17)11(2)9-13(15)16(18)12-4-6-19-7-5-12/h3,9-10,12,16,19H,1,4-8,18H2,2H3.